The number of nitrogens with zero attached hydrogens (tertiary/aromatic N) is 5. The summed E-state index contributed by atoms with van der Waals surface area (Å²) in [6, 6.07) is 8.56. The van der Waals surface area contributed by atoms with Gasteiger partial charge in [-0.15, -0.1) is 0 Å². The van der Waals surface area contributed by atoms with Gasteiger partial charge in [0.05, 0.1) is 71.6 Å². The van der Waals surface area contributed by atoms with E-state index in [0.717, 1.165) is 42.4 Å². The van der Waals surface area contributed by atoms with Gasteiger partial charge in [0, 0.05) is 36.9 Å². The second kappa shape index (κ2) is 23.7. The number of hydrogen-bond donors (Lipinski definition) is 4. The lowest BCUT2D eigenvalue weighted by Gasteiger charge is -2.24. The Bertz CT molecular complexity index is 1270. The minimum Gasteiger partial charge on any atom is -0.480 e. The van der Waals surface area contributed by atoms with Gasteiger partial charge >= 0.3 is 5.97 Å². The standard InChI is InChI=1S/C32H50N8O7/c33-10-15-43-17-19-45-21-23-47-24-22-46-20-18-44-16-14-40(12-4-3-5-26-8-11-35-32(34)38-26)13-9-29(31(41)42)39-30-27-6-1-2-7-28(27)36-25-37-30/h1-2,6-8,11,25,29H,3-5,9-10,12-24,33H2,(H,41,42)(H2,34,35,38)(H,36,37,39). The van der Waals surface area contributed by atoms with E-state index in [0.29, 0.717) is 97.9 Å². The van der Waals surface area contributed by atoms with Crippen molar-refractivity contribution < 1.29 is 33.6 Å². The van der Waals surface area contributed by atoms with Gasteiger partial charge in [-0.05, 0) is 50.4 Å². The molecule has 0 aliphatic carbocycles. The van der Waals surface area contributed by atoms with Gasteiger partial charge in [-0.25, -0.2) is 24.7 Å². The monoisotopic (exact) mass is 658 g/mol. The number of aromatic nitrogens is 4. The quantitative estimate of drug-likeness (QED) is 0.0819. The molecule has 0 radical (unpaired) electrons. The van der Waals surface area contributed by atoms with Gasteiger partial charge in [-0.2, -0.15) is 0 Å². The first-order valence-electron chi connectivity index (χ1n) is 16.1. The molecule has 15 heteroatoms. The van der Waals surface area contributed by atoms with Crippen molar-refractivity contribution in [2.75, 3.05) is 103 Å². The number of anilines is 2. The predicted molar refractivity (Wildman–Crippen MR) is 178 cm³/mol. The number of benzene rings is 1. The number of rotatable bonds is 28. The average molecular weight is 659 g/mol. The molecule has 2 heterocycles. The van der Waals surface area contributed by atoms with Crippen LogP contribution in [-0.4, -0.2) is 134 Å². The highest BCUT2D eigenvalue weighted by atomic mass is 16.6. The van der Waals surface area contributed by atoms with Crippen LogP contribution in [0.2, 0.25) is 0 Å². The molecule has 0 saturated heterocycles. The van der Waals surface area contributed by atoms with Crippen molar-refractivity contribution in [3.63, 3.8) is 0 Å². The fourth-order valence-electron chi connectivity index (χ4n) is 4.64. The number of nitrogens with two attached hydrogens (primary N) is 2. The minimum absolute atomic E-state index is 0.271. The van der Waals surface area contributed by atoms with Crippen molar-refractivity contribution in [3.05, 3.63) is 48.5 Å². The van der Waals surface area contributed by atoms with Gasteiger partial charge in [0.15, 0.2) is 0 Å². The molecule has 1 atom stereocenters. The number of carbonyl (C=O) groups is 1. The second-order valence-electron chi connectivity index (χ2n) is 10.6. The molecule has 47 heavy (non-hydrogen) atoms. The number of ether oxygens (including phenoxy) is 5. The molecule has 1 aromatic carbocycles. The van der Waals surface area contributed by atoms with Crippen LogP contribution < -0.4 is 16.8 Å². The Morgan fingerprint density at radius 1 is 0.809 bits per heavy atom. The fraction of sp³-hybridized carbons (Fsp3) is 0.594. The molecule has 0 spiro atoms. The van der Waals surface area contributed by atoms with Crippen LogP contribution in [0.4, 0.5) is 11.8 Å². The number of para-hydroxylation sites is 1. The molecule has 0 saturated carbocycles. The topological polar surface area (TPSA) is 202 Å². The Balaban J connectivity index is 1.36. The number of nitrogens with one attached hydrogen (secondary N) is 1. The summed E-state index contributed by atoms with van der Waals surface area (Å²) >= 11 is 0. The SMILES string of the molecule is NCCOCCOCCOCCOCCOCCN(CCCCc1ccnc(N)n1)CCC(Nc1ncnc2ccccc12)C(=O)O. The highest BCUT2D eigenvalue weighted by molar-refractivity contribution is 5.90. The van der Waals surface area contributed by atoms with Crippen LogP contribution in [0.25, 0.3) is 10.9 Å². The Kier molecular flexibility index (Phi) is 19.1. The molecular formula is C32H50N8O7. The summed E-state index contributed by atoms with van der Waals surface area (Å²) in [6.07, 6.45) is 6.09. The summed E-state index contributed by atoms with van der Waals surface area (Å²) in [5.74, 6) is -0.163. The number of aliphatic carboxylic acids is 1. The van der Waals surface area contributed by atoms with E-state index in [2.05, 4.69) is 30.2 Å². The summed E-state index contributed by atoms with van der Waals surface area (Å²) in [5, 5.41) is 13.9. The highest BCUT2D eigenvalue weighted by Gasteiger charge is 2.20. The van der Waals surface area contributed by atoms with Crippen molar-refractivity contribution in [3.8, 4) is 0 Å². The van der Waals surface area contributed by atoms with Crippen LogP contribution in [0.15, 0.2) is 42.9 Å². The Hall–Kier alpha value is -3.57. The number of nitrogen functional groups attached to an aromatic ring is 1. The lowest BCUT2D eigenvalue weighted by molar-refractivity contribution is -0.138. The lowest BCUT2D eigenvalue weighted by atomic mass is 10.1. The van der Waals surface area contributed by atoms with Crippen LogP contribution in [0, 0.1) is 0 Å². The van der Waals surface area contributed by atoms with E-state index in [9.17, 15) is 9.90 Å². The number of aryl methyl sites for hydroxylation is 1. The first-order valence-corrected chi connectivity index (χ1v) is 16.1. The third-order valence-corrected chi connectivity index (χ3v) is 7.08. The first kappa shape index (κ1) is 37.9. The van der Waals surface area contributed by atoms with Crippen molar-refractivity contribution >= 4 is 28.6 Å². The molecule has 260 valence electrons. The molecule has 0 aliphatic heterocycles. The van der Waals surface area contributed by atoms with E-state index in [-0.39, 0.29) is 5.95 Å². The Labute approximate surface area is 276 Å². The van der Waals surface area contributed by atoms with Gasteiger partial charge in [0.25, 0.3) is 0 Å². The summed E-state index contributed by atoms with van der Waals surface area (Å²) in [5.41, 5.74) is 12.7. The summed E-state index contributed by atoms with van der Waals surface area (Å²) in [7, 11) is 0. The molecule has 2 aromatic heterocycles. The summed E-state index contributed by atoms with van der Waals surface area (Å²) in [6.45, 7) is 7.45. The predicted octanol–water partition coefficient (Wildman–Crippen LogP) is 1.62. The number of carboxylic acids is 1. The first-order chi connectivity index (χ1) is 23.1. The van der Waals surface area contributed by atoms with E-state index >= 15 is 0 Å². The van der Waals surface area contributed by atoms with Crippen LogP contribution in [0.5, 0.6) is 0 Å². The largest absolute Gasteiger partial charge is 0.480 e. The van der Waals surface area contributed by atoms with Crippen molar-refractivity contribution in [2.24, 2.45) is 5.73 Å². The zero-order valence-corrected chi connectivity index (χ0v) is 27.1. The molecular weight excluding hydrogens is 608 g/mol. The lowest BCUT2D eigenvalue weighted by Crippen LogP contribution is -2.37. The van der Waals surface area contributed by atoms with E-state index in [1.807, 2.05) is 30.3 Å². The van der Waals surface area contributed by atoms with E-state index in [1.165, 1.54) is 6.33 Å². The molecule has 15 nitrogen and oxygen atoms in total. The van der Waals surface area contributed by atoms with Crippen LogP contribution in [-0.2, 0) is 34.9 Å². The summed E-state index contributed by atoms with van der Waals surface area (Å²) < 4.78 is 27.6. The molecule has 0 aliphatic rings. The number of fused-ring (bicyclic) bond motifs is 1. The highest BCUT2D eigenvalue weighted by Crippen LogP contribution is 2.20. The molecule has 3 rings (SSSR count). The fourth-order valence-corrected chi connectivity index (χ4v) is 4.64. The van der Waals surface area contributed by atoms with E-state index < -0.39 is 12.0 Å². The summed E-state index contributed by atoms with van der Waals surface area (Å²) in [4.78, 5) is 31.2. The second-order valence-corrected chi connectivity index (χ2v) is 10.6. The van der Waals surface area contributed by atoms with Gasteiger partial charge in [0.2, 0.25) is 5.95 Å². The third kappa shape index (κ3) is 16.2. The van der Waals surface area contributed by atoms with Crippen LogP contribution in [0.1, 0.15) is 25.0 Å². The maximum atomic E-state index is 12.2. The molecule has 3 aromatic rings. The normalized spacial score (nSPS) is 12.1. The maximum Gasteiger partial charge on any atom is 0.326 e. The van der Waals surface area contributed by atoms with Crippen molar-refractivity contribution in [1.29, 1.82) is 0 Å². The number of unbranched alkanes of at least 4 members (excludes halogenated alkanes) is 1. The van der Waals surface area contributed by atoms with E-state index in [1.54, 1.807) is 6.20 Å². The third-order valence-electron chi connectivity index (χ3n) is 7.08. The Morgan fingerprint density at radius 2 is 1.47 bits per heavy atom. The molecule has 0 bridgehead atoms. The molecule has 1 unspecified atom stereocenters. The van der Waals surface area contributed by atoms with Gasteiger partial charge < -0.3 is 50.5 Å². The van der Waals surface area contributed by atoms with Gasteiger partial charge in [0.1, 0.15) is 18.2 Å². The average Bonchev–Trinajstić information content (AvgIpc) is 3.07. The maximum absolute atomic E-state index is 12.2. The van der Waals surface area contributed by atoms with E-state index in [4.69, 9.17) is 35.2 Å². The van der Waals surface area contributed by atoms with Crippen molar-refractivity contribution in [1.82, 2.24) is 24.8 Å². The Morgan fingerprint density at radius 3 is 2.13 bits per heavy atom. The van der Waals surface area contributed by atoms with Gasteiger partial charge in [-0.3, -0.25) is 0 Å². The molecule has 6 N–H and O–H groups in total. The molecule has 0 amide bonds. The molecule has 0 fully saturated rings. The number of hydrogen-bond acceptors (Lipinski definition) is 14. The minimum atomic E-state index is -0.938. The zero-order valence-electron chi connectivity index (χ0n) is 27.1. The van der Waals surface area contributed by atoms with Gasteiger partial charge in [-0.1, -0.05) is 12.1 Å². The van der Waals surface area contributed by atoms with Crippen LogP contribution >= 0.6 is 0 Å². The van der Waals surface area contributed by atoms with Crippen LogP contribution in [0.3, 0.4) is 0 Å². The smallest absolute Gasteiger partial charge is 0.326 e. The number of carboxylic acid groups (broad SMARTS) is 1. The zero-order chi connectivity index (χ0) is 33.4. The van der Waals surface area contributed by atoms with Crippen molar-refractivity contribution in [2.45, 2.75) is 31.7 Å².